The van der Waals surface area contributed by atoms with Crippen LogP contribution in [0, 0.1) is 0 Å². The molecular weight excluding hydrogens is 230 g/mol. The molecule has 0 saturated carbocycles. The van der Waals surface area contributed by atoms with Gasteiger partial charge in [0.1, 0.15) is 11.4 Å². The van der Waals surface area contributed by atoms with Gasteiger partial charge >= 0.3 is 6.09 Å². The van der Waals surface area contributed by atoms with E-state index in [1.54, 1.807) is 4.90 Å². The number of ether oxygens (including phenoxy) is 1. The van der Waals surface area contributed by atoms with Crippen molar-refractivity contribution >= 4 is 11.9 Å². The van der Waals surface area contributed by atoms with Crippen molar-refractivity contribution in [3.63, 3.8) is 0 Å². The molecule has 1 aliphatic rings. The molecule has 0 spiro atoms. The van der Waals surface area contributed by atoms with Crippen molar-refractivity contribution in [3.8, 4) is 0 Å². The second kappa shape index (κ2) is 5.29. The molecule has 0 aromatic carbocycles. The summed E-state index contributed by atoms with van der Waals surface area (Å²) < 4.78 is 5.45. The zero-order valence-corrected chi connectivity index (χ0v) is 12.2. The highest BCUT2D eigenvalue weighted by Gasteiger charge is 2.43. The average molecular weight is 255 g/mol. The number of amides is 1. The van der Waals surface area contributed by atoms with E-state index in [2.05, 4.69) is 0 Å². The van der Waals surface area contributed by atoms with Crippen LogP contribution in [0.15, 0.2) is 0 Å². The molecule has 4 heteroatoms. The fourth-order valence-electron chi connectivity index (χ4n) is 2.51. The Morgan fingerprint density at radius 3 is 2.33 bits per heavy atom. The van der Waals surface area contributed by atoms with Crippen molar-refractivity contribution in [1.29, 1.82) is 0 Å². The molecule has 4 nitrogen and oxygen atoms in total. The Hall–Kier alpha value is -1.06. The number of Topliss-reactive ketones (excluding diaryl/α,β-unsaturated/α-hetero) is 1. The molecule has 1 rings (SSSR count). The predicted molar refractivity (Wildman–Crippen MR) is 70.5 cm³/mol. The minimum Gasteiger partial charge on any atom is -0.444 e. The van der Waals surface area contributed by atoms with E-state index < -0.39 is 5.60 Å². The number of nitrogens with zero attached hydrogens (tertiary/aromatic N) is 1. The molecule has 0 aromatic heterocycles. The van der Waals surface area contributed by atoms with E-state index >= 15 is 0 Å². The zero-order valence-electron chi connectivity index (χ0n) is 12.2. The number of likely N-dealkylation sites (tertiary alicyclic amines) is 1. The minimum absolute atomic E-state index is 0.249. The molecule has 1 heterocycles. The van der Waals surface area contributed by atoms with Crippen LogP contribution in [-0.2, 0) is 9.53 Å². The summed E-state index contributed by atoms with van der Waals surface area (Å²) in [7, 11) is 0. The molecular formula is C14H25NO3. The molecule has 0 N–H and O–H groups in total. The van der Waals surface area contributed by atoms with Gasteiger partial charge in [0, 0.05) is 19.4 Å². The largest absolute Gasteiger partial charge is 0.444 e. The first-order valence-corrected chi connectivity index (χ1v) is 6.76. The van der Waals surface area contributed by atoms with Crippen LogP contribution in [0.2, 0.25) is 0 Å². The monoisotopic (exact) mass is 255 g/mol. The number of rotatable bonds is 2. The van der Waals surface area contributed by atoms with E-state index in [0.717, 1.165) is 12.8 Å². The lowest BCUT2D eigenvalue weighted by atomic mass is 9.81. The van der Waals surface area contributed by atoms with Crippen molar-refractivity contribution in [1.82, 2.24) is 4.90 Å². The lowest BCUT2D eigenvalue weighted by molar-refractivity contribution is -0.126. The molecule has 0 atom stereocenters. The quantitative estimate of drug-likeness (QED) is 0.761. The van der Waals surface area contributed by atoms with Crippen molar-refractivity contribution in [3.05, 3.63) is 0 Å². The van der Waals surface area contributed by atoms with Crippen LogP contribution in [0.3, 0.4) is 0 Å². The van der Waals surface area contributed by atoms with Crippen LogP contribution < -0.4 is 0 Å². The van der Waals surface area contributed by atoms with Crippen LogP contribution in [0.1, 0.15) is 60.3 Å². The number of hydrogen-bond donors (Lipinski definition) is 0. The Balaban J connectivity index is 2.90. The molecule has 104 valence electrons. The first kappa shape index (κ1) is 15.0. The summed E-state index contributed by atoms with van der Waals surface area (Å²) in [6.07, 6.45) is 2.18. The third-order valence-corrected chi connectivity index (χ3v) is 3.64. The average Bonchev–Trinajstić information content (AvgIpc) is 2.26. The van der Waals surface area contributed by atoms with Crippen molar-refractivity contribution < 1.29 is 14.3 Å². The van der Waals surface area contributed by atoms with Gasteiger partial charge in [0.05, 0.1) is 5.54 Å². The van der Waals surface area contributed by atoms with Crippen LogP contribution >= 0.6 is 0 Å². The molecule has 0 radical (unpaired) electrons. The Morgan fingerprint density at radius 2 is 1.89 bits per heavy atom. The van der Waals surface area contributed by atoms with E-state index in [0.29, 0.717) is 19.4 Å². The first-order chi connectivity index (χ1) is 8.24. The summed E-state index contributed by atoms with van der Waals surface area (Å²) in [6.45, 7) is 10.1. The van der Waals surface area contributed by atoms with Crippen LogP contribution in [0.5, 0.6) is 0 Å². The fraction of sp³-hybridized carbons (Fsp3) is 0.857. The van der Waals surface area contributed by atoms with Gasteiger partial charge in [0.15, 0.2) is 0 Å². The summed E-state index contributed by atoms with van der Waals surface area (Å²) in [5, 5.41) is 0. The van der Waals surface area contributed by atoms with Crippen LogP contribution in [0.4, 0.5) is 4.79 Å². The number of ketones is 1. The van der Waals surface area contributed by atoms with E-state index in [1.807, 2.05) is 34.6 Å². The summed E-state index contributed by atoms with van der Waals surface area (Å²) in [5.41, 5.74) is -0.844. The lowest BCUT2D eigenvalue weighted by Gasteiger charge is -2.45. The number of carbonyl (C=O) groups is 2. The highest BCUT2D eigenvalue weighted by Crippen LogP contribution is 2.33. The molecule has 0 bridgehead atoms. The van der Waals surface area contributed by atoms with Crippen molar-refractivity contribution in [2.75, 3.05) is 6.54 Å². The second-order valence-corrected chi connectivity index (χ2v) is 6.03. The van der Waals surface area contributed by atoms with E-state index in [4.69, 9.17) is 4.74 Å². The summed E-state index contributed by atoms with van der Waals surface area (Å²) in [4.78, 5) is 25.7. The summed E-state index contributed by atoms with van der Waals surface area (Å²) in [5.74, 6) is 0.249. The molecule has 0 aromatic rings. The molecule has 18 heavy (non-hydrogen) atoms. The maximum Gasteiger partial charge on any atom is 0.410 e. The van der Waals surface area contributed by atoms with E-state index in [9.17, 15) is 9.59 Å². The Bertz CT molecular complexity index is 326. The highest BCUT2D eigenvalue weighted by molar-refractivity contribution is 5.83. The molecule has 1 saturated heterocycles. The third kappa shape index (κ3) is 3.24. The summed E-state index contributed by atoms with van der Waals surface area (Å²) in [6, 6.07) is 0. The Kier molecular flexibility index (Phi) is 4.41. The second-order valence-electron chi connectivity index (χ2n) is 6.03. The summed E-state index contributed by atoms with van der Waals surface area (Å²) >= 11 is 0. The molecule has 1 amide bonds. The van der Waals surface area contributed by atoms with Gasteiger partial charge in [-0.3, -0.25) is 4.79 Å². The number of carbonyl (C=O) groups excluding carboxylic acids is 2. The normalized spacial score (nSPS) is 19.8. The fourth-order valence-corrected chi connectivity index (χ4v) is 2.51. The SMILES string of the molecule is CCC1(CC)CC(=O)CCN1C(=O)OC(C)(C)C. The maximum absolute atomic E-state index is 12.2. The Labute approximate surface area is 110 Å². The van der Waals surface area contributed by atoms with Crippen molar-refractivity contribution in [2.24, 2.45) is 0 Å². The highest BCUT2D eigenvalue weighted by atomic mass is 16.6. The van der Waals surface area contributed by atoms with Gasteiger partial charge in [0.25, 0.3) is 0 Å². The van der Waals surface area contributed by atoms with Gasteiger partial charge in [-0.1, -0.05) is 13.8 Å². The Morgan fingerprint density at radius 1 is 1.33 bits per heavy atom. The molecule has 1 fully saturated rings. The van der Waals surface area contributed by atoms with Gasteiger partial charge in [-0.2, -0.15) is 0 Å². The van der Waals surface area contributed by atoms with Gasteiger partial charge < -0.3 is 9.64 Å². The van der Waals surface area contributed by atoms with Crippen LogP contribution in [-0.4, -0.2) is 34.5 Å². The van der Waals surface area contributed by atoms with Gasteiger partial charge in [-0.25, -0.2) is 4.79 Å². The number of hydrogen-bond acceptors (Lipinski definition) is 3. The molecule has 0 unspecified atom stereocenters. The standard InChI is InChI=1S/C14H25NO3/c1-6-14(7-2)10-11(16)8-9-15(14)12(17)18-13(3,4)5/h6-10H2,1-5H3. The van der Waals surface area contributed by atoms with E-state index in [-0.39, 0.29) is 17.4 Å². The van der Waals surface area contributed by atoms with E-state index in [1.165, 1.54) is 0 Å². The topological polar surface area (TPSA) is 46.6 Å². The lowest BCUT2D eigenvalue weighted by Crippen LogP contribution is -2.57. The smallest absolute Gasteiger partial charge is 0.410 e. The first-order valence-electron chi connectivity index (χ1n) is 6.76. The van der Waals surface area contributed by atoms with Gasteiger partial charge in [-0.05, 0) is 33.6 Å². The maximum atomic E-state index is 12.2. The number of piperidine rings is 1. The van der Waals surface area contributed by atoms with Crippen LogP contribution in [0.25, 0.3) is 0 Å². The molecule has 1 aliphatic heterocycles. The van der Waals surface area contributed by atoms with Crippen molar-refractivity contribution in [2.45, 2.75) is 71.4 Å². The van der Waals surface area contributed by atoms with Gasteiger partial charge in [0.2, 0.25) is 0 Å². The zero-order chi connectivity index (χ0) is 14.0. The van der Waals surface area contributed by atoms with Gasteiger partial charge in [-0.15, -0.1) is 0 Å². The minimum atomic E-state index is -0.494. The predicted octanol–water partition coefficient (Wildman–Crippen LogP) is 3.15. The molecule has 0 aliphatic carbocycles. The third-order valence-electron chi connectivity index (χ3n) is 3.64.